The minimum atomic E-state index is 0.0642. The monoisotopic (exact) mass is 253 g/mol. The van der Waals surface area contributed by atoms with Crippen LogP contribution in [0.4, 0.5) is 0 Å². The fourth-order valence-corrected chi connectivity index (χ4v) is 3.18. The lowest BCUT2D eigenvalue weighted by Gasteiger charge is -2.40. The second-order valence-corrected chi connectivity index (χ2v) is 5.56. The van der Waals surface area contributed by atoms with Gasteiger partial charge in [-0.25, -0.2) is 0 Å². The molecule has 0 saturated heterocycles. The summed E-state index contributed by atoms with van der Waals surface area (Å²) in [5.41, 5.74) is 0.0642. The summed E-state index contributed by atoms with van der Waals surface area (Å²) < 4.78 is 6.02. The third-order valence-electron chi connectivity index (χ3n) is 4.29. The Hall–Kier alpha value is -0.340. The highest BCUT2D eigenvalue weighted by Gasteiger charge is 2.38. The molecule has 106 valence electrons. The van der Waals surface area contributed by atoms with Gasteiger partial charge in [0, 0.05) is 13.2 Å². The molecule has 1 aliphatic rings. The Kier molecular flexibility index (Phi) is 7.60. The number of hydrogen-bond acceptors (Lipinski definition) is 2. The van der Waals surface area contributed by atoms with Gasteiger partial charge in [0.2, 0.25) is 0 Å². The van der Waals surface area contributed by atoms with Gasteiger partial charge in [0.05, 0.1) is 5.60 Å². The first-order valence-corrected chi connectivity index (χ1v) is 7.68. The number of hydrogen-bond donors (Lipinski definition) is 1. The zero-order chi connectivity index (χ0) is 13.3. The third kappa shape index (κ3) is 4.40. The molecule has 0 aromatic heterocycles. The summed E-state index contributed by atoms with van der Waals surface area (Å²) in [6.45, 7) is 7.17. The zero-order valence-electron chi connectivity index (χ0n) is 12.3. The van der Waals surface area contributed by atoms with E-state index in [1.165, 1.54) is 44.9 Å². The standard InChI is InChI=1S/C16H31NO/c1-4-6-11-15(17-14-5-2)16(18-3)12-9-7-8-10-13-16/h4,15,17H,1,5-14H2,2-3H3. The minimum absolute atomic E-state index is 0.0642. The molecular weight excluding hydrogens is 222 g/mol. The van der Waals surface area contributed by atoms with E-state index < -0.39 is 0 Å². The molecule has 1 aliphatic carbocycles. The highest BCUT2D eigenvalue weighted by atomic mass is 16.5. The van der Waals surface area contributed by atoms with Gasteiger partial charge in [-0.2, -0.15) is 0 Å². The number of nitrogens with one attached hydrogen (secondary N) is 1. The van der Waals surface area contributed by atoms with Gasteiger partial charge in [-0.1, -0.05) is 38.7 Å². The molecule has 2 heteroatoms. The van der Waals surface area contributed by atoms with E-state index in [4.69, 9.17) is 4.74 Å². The van der Waals surface area contributed by atoms with Crippen LogP contribution in [0.25, 0.3) is 0 Å². The Morgan fingerprint density at radius 1 is 1.28 bits per heavy atom. The third-order valence-corrected chi connectivity index (χ3v) is 4.29. The lowest BCUT2D eigenvalue weighted by molar-refractivity contribution is -0.0544. The van der Waals surface area contributed by atoms with Crippen molar-refractivity contribution in [1.29, 1.82) is 0 Å². The van der Waals surface area contributed by atoms with Crippen LogP contribution in [0.5, 0.6) is 0 Å². The van der Waals surface area contributed by atoms with Crippen LogP contribution in [0.1, 0.15) is 64.7 Å². The summed E-state index contributed by atoms with van der Waals surface area (Å²) in [6, 6.07) is 0.485. The van der Waals surface area contributed by atoms with E-state index >= 15 is 0 Å². The normalized spacial score (nSPS) is 21.2. The van der Waals surface area contributed by atoms with Crippen LogP contribution < -0.4 is 5.32 Å². The van der Waals surface area contributed by atoms with Crippen molar-refractivity contribution in [3.63, 3.8) is 0 Å². The van der Waals surface area contributed by atoms with Gasteiger partial charge in [-0.15, -0.1) is 6.58 Å². The molecule has 0 spiro atoms. The largest absolute Gasteiger partial charge is 0.377 e. The number of allylic oxidation sites excluding steroid dienone is 1. The van der Waals surface area contributed by atoms with E-state index in [1.54, 1.807) is 0 Å². The quantitative estimate of drug-likeness (QED) is 0.520. The smallest absolute Gasteiger partial charge is 0.0831 e. The van der Waals surface area contributed by atoms with Crippen molar-refractivity contribution in [1.82, 2.24) is 5.32 Å². The first kappa shape index (κ1) is 15.7. The molecule has 1 atom stereocenters. The molecule has 0 aromatic rings. The average Bonchev–Trinajstić information content (AvgIpc) is 2.65. The lowest BCUT2D eigenvalue weighted by atomic mass is 9.83. The fraction of sp³-hybridized carbons (Fsp3) is 0.875. The van der Waals surface area contributed by atoms with Crippen molar-refractivity contribution in [2.45, 2.75) is 76.4 Å². The molecule has 0 heterocycles. The summed E-state index contributed by atoms with van der Waals surface area (Å²) in [6.07, 6.45) is 13.2. The highest BCUT2D eigenvalue weighted by Crippen LogP contribution is 2.34. The van der Waals surface area contributed by atoms with E-state index in [-0.39, 0.29) is 5.60 Å². The molecule has 1 saturated carbocycles. The average molecular weight is 253 g/mol. The predicted molar refractivity (Wildman–Crippen MR) is 79.0 cm³/mol. The Morgan fingerprint density at radius 2 is 1.94 bits per heavy atom. The van der Waals surface area contributed by atoms with Crippen molar-refractivity contribution in [2.75, 3.05) is 13.7 Å². The molecule has 1 unspecified atom stereocenters. The summed E-state index contributed by atoms with van der Waals surface area (Å²) >= 11 is 0. The van der Waals surface area contributed by atoms with Crippen LogP contribution in [0.15, 0.2) is 12.7 Å². The molecule has 0 aromatic carbocycles. The van der Waals surface area contributed by atoms with E-state index in [2.05, 4.69) is 18.8 Å². The molecule has 2 nitrogen and oxygen atoms in total. The van der Waals surface area contributed by atoms with E-state index in [9.17, 15) is 0 Å². The van der Waals surface area contributed by atoms with Crippen LogP contribution in [-0.2, 0) is 4.74 Å². The van der Waals surface area contributed by atoms with Crippen LogP contribution in [0, 0.1) is 0 Å². The Labute approximate surface area is 113 Å². The number of methoxy groups -OCH3 is 1. The SMILES string of the molecule is C=CCCC(NCCC)C1(OC)CCCCCC1. The van der Waals surface area contributed by atoms with E-state index in [1.807, 2.05) is 13.2 Å². The molecule has 0 aliphatic heterocycles. The van der Waals surface area contributed by atoms with Gasteiger partial charge in [0.1, 0.15) is 0 Å². The molecule has 1 rings (SSSR count). The Morgan fingerprint density at radius 3 is 2.44 bits per heavy atom. The van der Waals surface area contributed by atoms with Crippen molar-refractivity contribution >= 4 is 0 Å². The molecule has 18 heavy (non-hydrogen) atoms. The summed E-state index contributed by atoms with van der Waals surface area (Å²) in [5.74, 6) is 0. The lowest BCUT2D eigenvalue weighted by Crippen LogP contribution is -2.52. The summed E-state index contributed by atoms with van der Waals surface area (Å²) in [7, 11) is 1.90. The van der Waals surface area contributed by atoms with Gasteiger partial charge in [0.25, 0.3) is 0 Å². The van der Waals surface area contributed by atoms with Crippen LogP contribution in [0.2, 0.25) is 0 Å². The van der Waals surface area contributed by atoms with Gasteiger partial charge in [-0.05, 0) is 38.6 Å². The first-order valence-electron chi connectivity index (χ1n) is 7.68. The molecule has 1 fully saturated rings. The molecular formula is C16H31NO. The minimum Gasteiger partial charge on any atom is -0.377 e. The first-order chi connectivity index (χ1) is 8.79. The van der Waals surface area contributed by atoms with Crippen molar-refractivity contribution in [3.05, 3.63) is 12.7 Å². The maximum absolute atomic E-state index is 6.02. The van der Waals surface area contributed by atoms with E-state index in [0.29, 0.717) is 6.04 Å². The van der Waals surface area contributed by atoms with Crippen LogP contribution >= 0.6 is 0 Å². The summed E-state index contributed by atoms with van der Waals surface area (Å²) in [4.78, 5) is 0. The fourth-order valence-electron chi connectivity index (χ4n) is 3.18. The van der Waals surface area contributed by atoms with E-state index in [0.717, 1.165) is 19.4 Å². The van der Waals surface area contributed by atoms with Gasteiger partial charge < -0.3 is 10.1 Å². The van der Waals surface area contributed by atoms with Gasteiger partial charge in [-0.3, -0.25) is 0 Å². The highest BCUT2D eigenvalue weighted by molar-refractivity contribution is 4.95. The van der Waals surface area contributed by atoms with Crippen LogP contribution in [-0.4, -0.2) is 25.3 Å². The van der Waals surface area contributed by atoms with Crippen molar-refractivity contribution in [2.24, 2.45) is 0 Å². The van der Waals surface area contributed by atoms with Crippen LogP contribution in [0.3, 0.4) is 0 Å². The second kappa shape index (κ2) is 8.71. The second-order valence-electron chi connectivity index (χ2n) is 5.56. The van der Waals surface area contributed by atoms with Crippen molar-refractivity contribution < 1.29 is 4.74 Å². The topological polar surface area (TPSA) is 21.3 Å². The number of ether oxygens (including phenoxy) is 1. The van der Waals surface area contributed by atoms with Gasteiger partial charge >= 0.3 is 0 Å². The Balaban J connectivity index is 2.71. The van der Waals surface area contributed by atoms with Gasteiger partial charge in [0.15, 0.2) is 0 Å². The van der Waals surface area contributed by atoms with Crippen molar-refractivity contribution in [3.8, 4) is 0 Å². The maximum atomic E-state index is 6.02. The molecule has 0 bridgehead atoms. The number of rotatable bonds is 8. The molecule has 0 radical (unpaired) electrons. The Bertz CT molecular complexity index is 219. The molecule has 1 N–H and O–H groups in total. The predicted octanol–water partition coefficient (Wildman–Crippen LogP) is 4.06. The molecule has 0 amide bonds. The maximum Gasteiger partial charge on any atom is 0.0831 e. The zero-order valence-corrected chi connectivity index (χ0v) is 12.3. The summed E-state index contributed by atoms with van der Waals surface area (Å²) in [5, 5.41) is 3.72.